The quantitative estimate of drug-likeness (QED) is 0.837. The molecule has 0 aliphatic carbocycles. The third-order valence-electron chi connectivity index (χ3n) is 4.12. The number of rotatable bonds is 6. The molecule has 2 aromatic rings. The van der Waals surface area contributed by atoms with Crippen molar-refractivity contribution in [3.63, 3.8) is 0 Å². The van der Waals surface area contributed by atoms with Gasteiger partial charge < -0.3 is 4.74 Å². The smallest absolute Gasteiger partial charge is 0.265 e. The fourth-order valence-corrected chi connectivity index (χ4v) is 4.00. The molecule has 130 valence electrons. The molecule has 0 aliphatic rings. The molecule has 0 saturated heterocycles. The molecule has 0 saturated carbocycles. The lowest BCUT2D eigenvalue weighted by atomic mass is 10.0. The van der Waals surface area contributed by atoms with E-state index in [9.17, 15) is 8.42 Å². The zero-order chi connectivity index (χ0) is 17.9. The van der Waals surface area contributed by atoms with E-state index in [0.717, 1.165) is 23.1 Å². The Hall–Kier alpha value is -2.01. The van der Waals surface area contributed by atoms with E-state index in [4.69, 9.17) is 4.74 Å². The maximum atomic E-state index is 13.0. The van der Waals surface area contributed by atoms with Crippen molar-refractivity contribution in [3.05, 3.63) is 53.1 Å². The average Bonchev–Trinajstić information content (AvgIpc) is 2.55. The van der Waals surface area contributed by atoms with E-state index in [0.29, 0.717) is 11.4 Å². The largest absolute Gasteiger partial charge is 0.495 e. The van der Waals surface area contributed by atoms with Crippen LogP contribution in [0.2, 0.25) is 0 Å². The topological polar surface area (TPSA) is 55.4 Å². The minimum absolute atomic E-state index is 0.168. The van der Waals surface area contributed by atoms with Crippen LogP contribution in [-0.4, -0.2) is 15.5 Å². The lowest BCUT2D eigenvalue weighted by Gasteiger charge is -2.17. The van der Waals surface area contributed by atoms with Crippen molar-refractivity contribution in [1.82, 2.24) is 0 Å². The first-order valence-electron chi connectivity index (χ1n) is 8.09. The molecule has 0 radical (unpaired) electrons. The molecule has 0 aliphatic heterocycles. The summed E-state index contributed by atoms with van der Waals surface area (Å²) in [5, 5.41) is 0. The third-order valence-corrected chi connectivity index (χ3v) is 5.49. The van der Waals surface area contributed by atoms with Crippen LogP contribution in [0.5, 0.6) is 5.75 Å². The Bertz CT molecular complexity index is 827. The molecule has 2 aromatic carbocycles. The number of nitrogens with one attached hydrogen (secondary N) is 1. The summed E-state index contributed by atoms with van der Waals surface area (Å²) in [6.07, 6.45) is 0.753. The fraction of sp³-hybridized carbons (Fsp3) is 0.368. The van der Waals surface area contributed by atoms with E-state index in [1.807, 2.05) is 52.0 Å². The summed E-state index contributed by atoms with van der Waals surface area (Å²) in [6, 6.07) is 11.1. The highest BCUT2D eigenvalue weighted by atomic mass is 32.2. The molecular formula is C19H25NO3S. The van der Waals surface area contributed by atoms with Crippen LogP contribution in [0.3, 0.4) is 0 Å². The Labute approximate surface area is 144 Å². The van der Waals surface area contributed by atoms with Crippen molar-refractivity contribution in [2.24, 2.45) is 0 Å². The minimum Gasteiger partial charge on any atom is -0.495 e. The van der Waals surface area contributed by atoms with E-state index in [2.05, 4.69) is 4.72 Å². The number of aryl methyl sites for hydroxylation is 2. The lowest BCUT2D eigenvalue weighted by molar-refractivity contribution is 0.402. The Balaban J connectivity index is 2.54. The molecule has 0 atom stereocenters. The number of hydrogen-bond donors (Lipinski definition) is 1. The maximum absolute atomic E-state index is 13.0. The second-order valence-electron chi connectivity index (χ2n) is 6.13. The first-order valence-corrected chi connectivity index (χ1v) is 9.57. The van der Waals surface area contributed by atoms with Gasteiger partial charge in [-0.2, -0.15) is 0 Å². The molecule has 0 heterocycles. The predicted molar refractivity (Wildman–Crippen MR) is 98.4 cm³/mol. The minimum atomic E-state index is -3.74. The summed E-state index contributed by atoms with van der Waals surface area (Å²) in [5.74, 6) is 0.577. The van der Waals surface area contributed by atoms with E-state index in [1.165, 1.54) is 7.11 Å². The summed E-state index contributed by atoms with van der Waals surface area (Å²) >= 11 is 0. The van der Waals surface area contributed by atoms with Gasteiger partial charge in [-0.1, -0.05) is 45.0 Å². The van der Waals surface area contributed by atoms with Crippen molar-refractivity contribution in [2.75, 3.05) is 11.8 Å². The standard InChI is InChI=1S/C19H25NO3S/c1-6-15-9-7-8-14(4)19(15)20-24(21,22)18-12-16(13(2)3)10-11-17(18)23-5/h7-13,20H,6H2,1-5H3. The van der Waals surface area contributed by atoms with Gasteiger partial charge >= 0.3 is 0 Å². The average molecular weight is 347 g/mol. The van der Waals surface area contributed by atoms with Gasteiger partial charge in [-0.3, -0.25) is 4.72 Å². The lowest BCUT2D eigenvalue weighted by Crippen LogP contribution is -2.16. The summed E-state index contributed by atoms with van der Waals surface area (Å²) in [6.45, 7) is 7.97. The van der Waals surface area contributed by atoms with E-state index >= 15 is 0 Å². The van der Waals surface area contributed by atoms with Crippen LogP contribution in [0.1, 0.15) is 43.4 Å². The Morgan fingerprint density at radius 1 is 1.17 bits per heavy atom. The van der Waals surface area contributed by atoms with Crippen LogP contribution in [0.25, 0.3) is 0 Å². The summed E-state index contributed by atoms with van der Waals surface area (Å²) in [7, 11) is -2.26. The van der Waals surface area contributed by atoms with Crippen molar-refractivity contribution in [2.45, 2.75) is 44.9 Å². The molecule has 0 spiro atoms. The number of anilines is 1. The molecule has 0 unspecified atom stereocenters. The number of ether oxygens (including phenoxy) is 1. The Morgan fingerprint density at radius 3 is 2.46 bits per heavy atom. The highest BCUT2D eigenvalue weighted by Gasteiger charge is 2.22. The zero-order valence-corrected chi connectivity index (χ0v) is 15.7. The van der Waals surface area contributed by atoms with Crippen molar-refractivity contribution in [1.29, 1.82) is 0 Å². The molecule has 1 N–H and O–H groups in total. The molecule has 5 heteroatoms. The van der Waals surface area contributed by atoms with Crippen LogP contribution in [0.4, 0.5) is 5.69 Å². The van der Waals surface area contributed by atoms with Crippen LogP contribution in [0.15, 0.2) is 41.3 Å². The Morgan fingerprint density at radius 2 is 1.88 bits per heavy atom. The number of hydrogen-bond acceptors (Lipinski definition) is 3. The van der Waals surface area contributed by atoms with Crippen LogP contribution >= 0.6 is 0 Å². The number of benzene rings is 2. The van der Waals surface area contributed by atoms with Gasteiger partial charge in [0, 0.05) is 0 Å². The first-order chi connectivity index (χ1) is 11.3. The predicted octanol–water partition coefficient (Wildman–Crippen LogP) is 4.49. The molecule has 0 bridgehead atoms. The first kappa shape index (κ1) is 18.3. The fourth-order valence-electron chi connectivity index (χ4n) is 2.62. The molecule has 0 fully saturated rings. The van der Waals surface area contributed by atoms with Crippen molar-refractivity contribution >= 4 is 15.7 Å². The zero-order valence-electron chi connectivity index (χ0n) is 14.9. The van der Waals surface area contributed by atoms with Gasteiger partial charge in [-0.15, -0.1) is 0 Å². The molecule has 0 amide bonds. The normalized spacial score (nSPS) is 11.6. The van der Waals surface area contributed by atoms with Gasteiger partial charge in [0.1, 0.15) is 10.6 Å². The van der Waals surface area contributed by atoms with Gasteiger partial charge in [-0.25, -0.2) is 8.42 Å². The van der Waals surface area contributed by atoms with Crippen LogP contribution in [-0.2, 0) is 16.4 Å². The van der Waals surface area contributed by atoms with E-state index in [-0.39, 0.29) is 10.8 Å². The monoisotopic (exact) mass is 347 g/mol. The molecule has 24 heavy (non-hydrogen) atoms. The molecule has 0 aromatic heterocycles. The van der Waals surface area contributed by atoms with Crippen LogP contribution < -0.4 is 9.46 Å². The van der Waals surface area contributed by atoms with Gasteiger partial charge in [-0.05, 0) is 48.1 Å². The molecule has 2 rings (SSSR count). The Kier molecular flexibility index (Phi) is 5.54. The van der Waals surface area contributed by atoms with Crippen molar-refractivity contribution < 1.29 is 13.2 Å². The number of methoxy groups -OCH3 is 1. The second kappa shape index (κ2) is 7.26. The SMILES string of the molecule is CCc1cccc(C)c1NS(=O)(=O)c1cc(C(C)C)ccc1OC. The highest BCUT2D eigenvalue weighted by molar-refractivity contribution is 7.92. The molecule has 4 nitrogen and oxygen atoms in total. The number of sulfonamides is 1. The maximum Gasteiger partial charge on any atom is 0.265 e. The summed E-state index contributed by atoms with van der Waals surface area (Å²) < 4.78 is 34.0. The van der Waals surface area contributed by atoms with E-state index < -0.39 is 10.0 Å². The van der Waals surface area contributed by atoms with Gasteiger partial charge in [0.25, 0.3) is 10.0 Å². The van der Waals surface area contributed by atoms with Gasteiger partial charge in [0.05, 0.1) is 12.8 Å². The highest BCUT2D eigenvalue weighted by Crippen LogP contribution is 2.31. The van der Waals surface area contributed by atoms with Crippen molar-refractivity contribution in [3.8, 4) is 5.75 Å². The molecular weight excluding hydrogens is 322 g/mol. The van der Waals surface area contributed by atoms with Gasteiger partial charge in [0.2, 0.25) is 0 Å². The number of para-hydroxylation sites is 1. The summed E-state index contributed by atoms with van der Waals surface area (Å²) in [4.78, 5) is 0.168. The van der Waals surface area contributed by atoms with E-state index in [1.54, 1.807) is 12.1 Å². The van der Waals surface area contributed by atoms with Gasteiger partial charge in [0.15, 0.2) is 0 Å². The van der Waals surface area contributed by atoms with Crippen LogP contribution in [0, 0.1) is 6.92 Å². The summed E-state index contributed by atoms with van der Waals surface area (Å²) in [5.41, 5.74) is 3.48. The second-order valence-corrected chi connectivity index (χ2v) is 7.78. The third kappa shape index (κ3) is 3.73.